The molecule has 0 heterocycles. The van der Waals surface area contributed by atoms with Crippen LogP contribution in [0, 0.1) is 5.92 Å². The molecule has 0 aliphatic rings. The number of rotatable bonds is 9. The Balaban J connectivity index is 2.75. The van der Waals surface area contributed by atoms with Crippen LogP contribution in [0.5, 0.6) is 0 Å². The molecule has 0 aliphatic carbocycles. The lowest BCUT2D eigenvalue weighted by Crippen LogP contribution is -2.53. The summed E-state index contributed by atoms with van der Waals surface area (Å²) in [5.74, 6) is -0.422. The predicted molar refractivity (Wildman–Crippen MR) is 92.8 cm³/mol. The second kappa shape index (κ2) is 10.0. The lowest BCUT2D eigenvalue weighted by molar-refractivity contribution is -0.130. The first-order valence-electron chi connectivity index (χ1n) is 8.33. The summed E-state index contributed by atoms with van der Waals surface area (Å²) < 4.78 is 0. The van der Waals surface area contributed by atoms with Gasteiger partial charge in [-0.3, -0.25) is 9.59 Å². The van der Waals surface area contributed by atoms with Crippen LogP contribution in [0.4, 0.5) is 0 Å². The first-order chi connectivity index (χ1) is 11.0. The molecule has 0 saturated heterocycles. The molecular weight excluding hydrogens is 290 g/mol. The lowest BCUT2D eigenvalue weighted by atomic mass is 10.0. The van der Waals surface area contributed by atoms with E-state index in [2.05, 4.69) is 17.6 Å². The van der Waals surface area contributed by atoms with Gasteiger partial charge in [0.05, 0.1) is 6.04 Å². The molecule has 1 aromatic carbocycles. The van der Waals surface area contributed by atoms with Gasteiger partial charge in [-0.2, -0.15) is 0 Å². The van der Waals surface area contributed by atoms with Gasteiger partial charge in [0.15, 0.2) is 0 Å². The fourth-order valence-electron chi connectivity index (χ4n) is 2.14. The Labute approximate surface area is 139 Å². The van der Waals surface area contributed by atoms with E-state index in [9.17, 15) is 9.59 Å². The van der Waals surface area contributed by atoms with Crippen molar-refractivity contribution in [1.82, 2.24) is 10.6 Å². The summed E-state index contributed by atoms with van der Waals surface area (Å²) in [6.07, 6.45) is 2.38. The molecule has 0 unspecified atom stereocenters. The molecule has 1 rings (SSSR count). The van der Waals surface area contributed by atoms with Gasteiger partial charge in [-0.15, -0.1) is 0 Å². The van der Waals surface area contributed by atoms with Gasteiger partial charge < -0.3 is 16.4 Å². The highest BCUT2D eigenvalue weighted by atomic mass is 16.2. The zero-order valence-electron chi connectivity index (χ0n) is 14.3. The van der Waals surface area contributed by atoms with Gasteiger partial charge >= 0.3 is 0 Å². The Hall–Kier alpha value is -1.88. The van der Waals surface area contributed by atoms with E-state index in [1.165, 1.54) is 0 Å². The van der Waals surface area contributed by atoms with E-state index in [-0.39, 0.29) is 17.7 Å². The number of unbranched alkanes of at least 4 members (excludes halogenated alkanes) is 1. The van der Waals surface area contributed by atoms with Crippen LogP contribution in [0.2, 0.25) is 0 Å². The van der Waals surface area contributed by atoms with Crippen molar-refractivity contribution in [3.63, 3.8) is 0 Å². The van der Waals surface area contributed by atoms with Crippen LogP contribution in [0.3, 0.4) is 0 Å². The number of hydrogen-bond donors (Lipinski definition) is 3. The monoisotopic (exact) mass is 319 g/mol. The van der Waals surface area contributed by atoms with Crippen LogP contribution in [-0.4, -0.2) is 30.4 Å². The van der Waals surface area contributed by atoms with Crippen LogP contribution in [0.15, 0.2) is 30.3 Å². The molecule has 0 saturated carbocycles. The van der Waals surface area contributed by atoms with E-state index in [0.29, 0.717) is 13.0 Å². The summed E-state index contributed by atoms with van der Waals surface area (Å²) in [4.78, 5) is 24.6. The van der Waals surface area contributed by atoms with Crippen molar-refractivity contribution in [1.29, 1.82) is 0 Å². The second-order valence-corrected chi connectivity index (χ2v) is 6.17. The first kappa shape index (κ1) is 19.2. The summed E-state index contributed by atoms with van der Waals surface area (Å²) in [6, 6.07) is 8.43. The van der Waals surface area contributed by atoms with E-state index < -0.39 is 12.1 Å². The van der Waals surface area contributed by atoms with Crippen molar-refractivity contribution in [2.24, 2.45) is 11.7 Å². The molecule has 0 radical (unpaired) electrons. The highest BCUT2D eigenvalue weighted by molar-refractivity contribution is 5.90. The standard InChI is InChI=1S/C18H29N3O2/c1-4-5-11-20-17(22)15(12-14-9-7-6-8-10-14)21-18(23)16(19)13(2)3/h6-10,13,15-16H,4-5,11-12,19H2,1-3H3,(H,20,22)(H,21,23)/t15-,16-/m0/s1. The third kappa shape index (κ3) is 6.82. The van der Waals surface area contributed by atoms with Crippen LogP contribution >= 0.6 is 0 Å². The average molecular weight is 319 g/mol. The van der Waals surface area contributed by atoms with Crippen molar-refractivity contribution in [2.75, 3.05) is 6.54 Å². The van der Waals surface area contributed by atoms with Crippen molar-refractivity contribution >= 4 is 11.8 Å². The van der Waals surface area contributed by atoms with Gasteiger partial charge in [0, 0.05) is 13.0 Å². The number of carbonyl (C=O) groups is 2. The van der Waals surface area contributed by atoms with Gasteiger partial charge in [0.25, 0.3) is 0 Å². The fraction of sp³-hybridized carbons (Fsp3) is 0.556. The number of amides is 2. The summed E-state index contributed by atoms with van der Waals surface area (Å²) in [5, 5.41) is 5.68. The number of hydrogen-bond acceptors (Lipinski definition) is 3. The minimum Gasteiger partial charge on any atom is -0.354 e. The molecular formula is C18H29N3O2. The van der Waals surface area contributed by atoms with E-state index >= 15 is 0 Å². The van der Waals surface area contributed by atoms with Gasteiger partial charge in [-0.25, -0.2) is 0 Å². The molecule has 128 valence electrons. The van der Waals surface area contributed by atoms with Crippen LogP contribution in [0.25, 0.3) is 0 Å². The summed E-state index contributed by atoms with van der Waals surface area (Å²) >= 11 is 0. The number of nitrogens with two attached hydrogens (primary N) is 1. The average Bonchev–Trinajstić information content (AvgIpc) is 2.54. The van der Waals surface area contributed by atoms with Crippen LogP contribution in [0.1, 0.15) is 39.2 Å². The topological polar surface area (TPSA) is 84.2 Å². The van der Waals surface area contributed by atoms with E-state index in [1.807, 2.05) is 44.2 Å². The maximum atomic E-state index is 12.4. The third-order valence-electron chi connectivity index (χ3n) is 3.77. The maximum Gasteiger partial charge on any atom is 0.242 e. The molecule has 0 aromatic heterocycles. The molecule has 2 atom stereocenters. The minimum absolute atomic E-state index is 0.0236. The summed E-state index contributed by atoms with van der Waals surface area (Å²) in [6.45, 7) is 6.46. The molecule has 4 N–H and O–H groups in total. The molecule has 1 aromatic rings. The highest BCUT2D eigenvalue weighted by Gasteiger charge is 2.25. The fourth-order valence-corrected chi connectivity index (χ4v) is 2.14. The third-order valence-corrected chi connectivity index (χ3v) is 3.77. The molecule has 0 bridgehead atoms. The zero-order chi connectivity index (χ0) is 17.2. The summed E-state index contributed by atoms with van der Waals surface area (Å²) in [7, 11) is 0. The minimum atomic E-state index is -0.614. The number of nitrogens with one attached hydrogen (secondary N) is 2. The highest BCUT2D eigenvalue weighted by Crippen LogP contribution is 2.05. The molecule has 5 heteroatoms. The van der Waals surface area contributed by atoms with Gasteiger partial charge in [0.2, 0.25) is 11.8 Å². The quantitative estimate of drug-likeness (QED) is 0.605. The van der Waals surface area contributed by atoms with Crippen LogP contribution < -0.4 is 16.4 Å². The Kier molecular flexibility index (Phi) is 8.33. The Morgan fingerprint density at radius 3 is 2.35 bits per heavy atom. The predicted octanol–water partition coefficient (Wildman–Crippen LogP) is 1.61. The molecule has 23 heavy (non-hydrogen) atoms. The Morgan fingerprint density at radius 2 is 1.78 bits per heavy atom. The zero-order valence-corrected chi connectivity index (χ0v) is 14.3. The van der Waals surface area contributed by atoms with E-state index in [4.69, 9.17) is 5.73 Å². The van der Waals surface area contributed by atoms with Crippen LogP contribution in [-0.2, 0) is 16.0 Å². The van der Waals surface area contributed by atoms with Crippen molar-refractivity contribution in [3.05, 3.63) is 35.9 Å². The smallest absolute Gasteiger partial charge is 0.242 e. The molecule has 0 spiro atoms. The molecule has 2 amide bonds. The van der Waals surface area contributed by atoms with E-state index in [0.717, 1.165) is 18.4 Å². The Bertz CT molecular complexity index is 488. The van der Waals surface area contributed by atoms with E-state index in [1.54, 1.807) is 0 Å². The first-order valence-corrected chi connectivity index (χ1v) is 8.33. The normalized spacial score (nSPS) is 13.4. The Morgan fingerprint density at radius 1 is 1.13 bits per heavy atom. The lowest BCUT2D eigenvalue weighted by Gasteiger charge is -2.22. The number of carbonyl (C=O) groups excluding carboxylic acids is 2. The van der Waals surface area contributed by atoms with Gasteiger partial charge in [-0.1, -0.05) is 57.5 Å². The largest absolute Gasteiger partial charge is 0.354 e. The molecule has 5 nitrogen and oxygen atoms in total. The van der Waals surface area contributed by atoms with Crippen molar-refractivity contribution < 1.29 is 9.59 Å². The van der Waals surface area contributed by atoms with Gasteiger partial charge in [-0.05, 0) is 17.9 Å². The molecule has 0 aliphatic heterocycles. The van der Waals surface area contributed by atoms with Crippen molar-refractivity contribution in [2.45, 2.75) is 52.1 Å². The van der Waals surface area contributed by atoms with Gasteiger partial charge in [0.1, 0.15) is 6.04 Å². The molecule has 0 fully saturated rings. The second-order valence-electron chi connectivity index (χ2n) is 6.17. The van der Waals surface area contributed by atoms with Crippen molar-refractivity contribution in [3.8, 4) is 0 Å². The SMILES string of the molecule is CCCCNC(=O)[C@H](Cc1ccccc1)NC(=O)[C@@H](N)C(C)C. The maximum absolute atomic E-state index is 12.4. The summed E-state index contributed by atoms with van der Waals surface area (Å²) in [5.41, 5.74) is 6.88. The number of benzene rings is 1.